The van der Waals surface area contributed by atoms with Crippen molar-refractivity contribution in [1.82, 2.24) is 9.97 Å². The number of para-hydroxylation sites is 2. The third kappa shape index (κ3) is 4.01. The first-order valence-electron chi connectivity index (χ1n) is 9.99. The molecule has 0 bridgehead atoms. The second-order valence-corrected chi connectivity index (χ2v) is 8.64. The van der Waals surface area contributed by atoms with Gasteiger partial charge >= 0.3 is 6.18 Å². The number of alkyl halides is 3. The van der Waals surface area contributed by atoms with Gasteiger partial charge in [-0.2, -0.15) is 13.2 Å². The Hall–Kier alpha value is -3.51. The van der Waals surface area contributed by atoms with Crippen LogP contribution in [0.3, 0.4) is 0 Å². The molecular weight excluding hydrogens is 429 g/mol. The normalized spacial score (nSPS) is 13.4. The largest absolute Gasteiger partial charge is 0.416 e. The molecule has 0 N–H and O–H groups in total. The first-order valence-corrected chi connectivity index (χ1v) is 10.8. The molecule has 0 amide bonds. The molecule has 3 aromatic carbocycles. The van der Waals surface area contributed by atoms with Crippen molar-refractivity contribution in [3.8, 4) is 0 Å². The third-order valence-corrected chi connectivity index (χ3v) is 6.23. The van der Waals surface area contributed by atoms with Gasteiger partial charge in [0.1, 0.15) is 11.0 Å². The lowest BCUT2D eigenvalue weighted by Gasteiger charge is -2.05. The molecule has 0 atom stereocenters. The van der Waals surface area contributed by atoms with Gasteiger partial charge in [-0.25, -0.2) is 9.97 Å². The van der Waals surface area contributed by atoms with Gasteiger partial charge < -0.3 is 0 Å². The second kappa shape index (κ2) is 7.88. The lowest BCUT2D eigenvalue weighted by Crippen LogP contribution is -2.04. The van der Waals surface area contributed by atoms with Crippen molar-refractivity contribution < 1.29 is 13.2 Å². The summed E-state index contributed by atoms with van der Waals surface area (Å²) < 4.78 is 40.5. The quantitative estimate of drug-likeness (QED) is 0.341. The number of hydrogen-bond donors (Lipinski definition) is 0. The van der Waals surface area contributed by atoms with E-state index in [9.17, 15) is 13.2 Å². The first-order chi connectivity index (χ1) is 15.4. The van der Waals surface area contributed by atoms with Crippen molar-refractivity contribution in [2.75, 3.05) is 0 Å². The van der Waals surface area contributed by atoms with Crippen molar-refractivity contribution >= 4 is 45.6 Å². The highest BCUT2D eigenvalue weighted by Gasteiger charge is 2.29. The van der Waals surface area contributed by atoms with E-state index in [2.05, 4.69) is 30.3 Å². The monoisotopic (exact) mass is 446 g/mol. The molecule has 0 aliphatic heterocycles. The van der Waals surface area contributed by atoms with Crippen LogP contribution in [0.5, 0.6) is 0 Å². The summed E-state index contributed by atoms with van der Waals surface area (Å²) in [4.78, 5) is 9.67. The second-order valence-electron chi connectivity index (χ2n) is 7.56. The average Bonchev–Trinajstić information content (AvgIpc) is 3.09. The summed E-state index contributed by atoms with van der Waals surface area (Å²) in [6, 6.07) is 21.0. The molecule has 0 aliphatic carbocycles. The van der Waals surface area contributed by atoms with Crippen LogP contribution in [-0.4, -0.2) is 9.97 Å². The van der Waals surface area contributed by atoms with Crippen LogP contribution >= 0.6 is 11.3 Å². The van der Waals surface area contributed by atoms with Crippen molar-refractivity contribution in [3.05, 3.63) is 104 Å². The zero-order chi connectivity index (χ0) is 22.3. The van der Waals surface area contributed by atoms with Gasteiger partial charge in [-0.05, 0) is 54.5 Å². The minimum atomic E-state index is -4.35. The van der Waals surface area contributed by atoms with E-state index in [-0.39, 0.29) is 0 Å². The Kier molecular flexibility index (Phi) is 5.02. The molecule has 6 heteroatoms. The highest BCUT2D eigenvalue weighted by atomic mass is 32.1. The summed E-state index contributed by atoms with van der Waals surface area (Å²) in [6.07, 6.45) is -0.419. The van der Waals surface area contributed by atoms with E-state index < -0.39 is 11.7 Å². The fraction of sp³-hybridized carbons (Fsp3) is 0.0769. The standard InChI is InChI=1S/C26H17F3N2S/c1-16-6-8-17(9-7-16)14-22-24-25(31-21-5-3-2-4-20(21)30-24)23(32-22)15-18-10-12-19(13-11-18)26(27,28)29/h2-15H,1H3/b22-14-,23-15-. The van der Waals surface area contributed by atoms with Crippen LogP contribution in [0.4, 0.5) is 13.2 Å². The maximum absolute atomic E-state index is 12.9. The van der Waals surface area contributed by atoms with Crippen molar-refractivity contribution in [2.45, 2.75) is 13.1 Å². The smallest absolute Gasteiger partial charge is 0.243 e. The molecule has 0 aliphatic rings. The lowest BCUT2D eigenvalue weighted by atomic mass is 10.1. The van der Waals surface area contributed by atoms with E-state index in [1.54, 1.807) is 0 Å². The van der Waals surface area contributed by atoms with Crippen molar-refractivity contribution in [1.29, 1.82) is 0 Å². The Morgan fingerprint density at radius 3 is 1.62 bits per heavy atom. The van der Waals surface area contributed by atoms with Gasteiger partial charge in [0.25, 0.3) is 0 Å². The lowest BCUT2D eigenvalue weighted by molar-refractivity contribution is -0.137. The predicted molar refractivity (Wildman–Crippen MR) is 124 cm³/mol. The van der Waals surface area contributed by atoms with Gasteiger partial charge in [0.2, 0.25) is 0 Å². The van der Waals surface area contributed by atoms with Crippen LogP contribution in [0.25, 0.3) is 34.2 Å². The van der Waals surface area contributed by atoms with Crippen molar-refractivity contribution in [2.24, 2.45) is 0 Å². The average molecular weight is 446 g/mol. The van der Waals surface area contributed by atoms with E-state index in [1.807, 2.05) is 37.3 Å². The van der Waals surface area contributed by atoms with E-state index in [0.29, 0.717) is 5.56 Å². The van der Waals surface area contributed by atoms with Gasteiger partial charge in [0.05, 0.1) is 25.7 Å². The summed E-state index contributed by atoms with van der Waals surface area (Å²) in [7, 11) is 0. The molecule has 2 heterocycles. The molecule has 0 spiro atoms. The topological polar surface area (TPSA) is 25.8 Å². The summed E-state index contributed by atoms with van der Waals surface area (Å²) in [5.41, 5.74) is 5.36. The fourth-order valence-electron chi connectivity index (χ4n) is 3.49. The van der Waals surface area contributed by atoms with E-state index >= 15 is 0 Å². The fourth-order valence-corrected chi connectivity index (χ4v) is 4.59. The number of aromatic nitrogens is 2. The summed E-state index contributed by atoms with van der Waals surface area (Å²) >= 11 is 1.53. The summed E-state index contributed by atoms with van der Waals surface area (Å²) in [5.74, 6) is 0. The van der Waals surface area contributed by atoms with Gasteiger partial charge in [-0.3, -0.25) is 0 Å². The molecule has 0 saturated heterocycles. The molecule has 0 unspecified atom stereocenters. The predicted octanol–water partition coefficient (Wildman–Crippen LogP) is 5.83. The molecule has 2 nitrogen and oxygen atoms in total. The summed E-state index contributed by atoms with van der Waals surface area (Å²) in [5, 5.41) is 0. The number of nitrogens with zero attached hydrogens (tertiary/aromatic N) is 2. The number of aryl methyl sites for hydroxylation is 1. The zero-order valence-corrected chi connectivity index (χ0v) is 17.8. The number of rotatable bonds is 2. The third-order valence-electron chi connectivity index (χ3n) is 5.17. The van der Waals surface area contributed by atoms with Crippen LogP contribution in [-0.2, 0) is 6.18 Å². The van der Waals surface area contributed by atoms with Crippen molar-refractivity contribution in [3.63, 3.8) is 0 Å². The molecule has 0 saturated carbocycles. The maximum atomic E-state index is 12.9. The van der Waals surface area contributed by atoms with Crippen LogP contribution in [0.2, 0.25) is 0 Å². The van der Waals surface area contributed by atoms with Crippen LogP contribution in [0, 0.1) is 6.92 Å². The number of benzene rings is 3. The summed E-state index contributed by atoms with van der Waals surface area (Å²) in [6.45, 7) is 2.04. The molecule has 5 rings (SSSR count). The molecular formula is C26H17F3N2S. The zero-order valence-electron chi connectivity index (χ0n) is 17.0. The highest BCUT2D eigenvalue weighted by molar-refractivity contribution is 7.09. The van der Waals surface area contributed by atoms with Crippen LogP contribution < -0.4 is 9.06 Å². The Labute approximate surface area is 186 Å². The van der Waals surface area contributed by atoms with E-state index in [1.165, 1.54) is 29.0 Å². The minimum absolute atomic E-state index is 0.662. The Balaban J connectivity index is 1.74. The molecule has 0 fully saturated rings. The number of thiophene rings is 1. The Bertz CT molecular complexity index is 1550. The van der Waals surface area contributed by atoms with E-state index in [4.69, 9.17) is 9.97 Å². The van der Waals surface area contributed by atoms with E-state index in [0.717, 1.165) is 48.8 Å². The van der Waals surface area contributed by atoms with Gasteiger partial charge in [-0.1, -0.05) is 54.1 Å². The van der Waals surface area contributed by atoms with Gasteiger partial charge in [-0.15, -0.1) is 11.3 Å². The molecule has 32 heavy (non-hydrogen) atoms. The minimum Gasteiger partial charge on any atom is -0.243 e. The van der Waals surface area contributed by atoms with Gasteiger partial charge in [0, 0.05) is 0 Å². The SMILES string of the molecule is Cc1ccc(/C=c2\s/c(=C\c3ccc(C(F)(F)F)cc3)c3nc4ccccc4nc23)cc1. The molecule has 2 aromatic heterocycles. The number of halogens is 3. The maximum Gasteiger partial charge on any atom is 0.416 e. The van der Waals surface area contributed by atoms with Gasteiger partial charge in [0.15, 0.2) is 0 Å². The molecule has 5 aromatic rings. The highest BCUT2D eigenvalue weighted by Crippen LogP contribution is 2.29. The molecule has 0 radical (unpaired) electrons. The molecule has 158 valence electrons. The first kappa shape index (κ1) is 20.4. The van der Waals surface area contributed by atoms with Crippen LogP contribution in [0.15, 0.2) is 72.8 Å². The Morgan fingerprint density at radius 1 is 0.688 bits per heavy atom. The number of hydrogen-bond acceptors (Lipinski definition) is 3. The van der Waals surface area contributed by atoms with Crippen LogP contribution in [0.1, 0.15) is 22.3 Å². The Morgan fingerprint density at radius 2 is 1.16 bits per heavy atom. The number of fused-ring (bicyclic) bond motifs is 2.